The third-order valence-electron chi connectivity index (χ3n) is 3.89. The molecule has 2 aromatic carbocycles. The molecule has 0 spiro atoms. The van der Waals surface area contributed by atoms with Crippen molar-refractivity contribution in [2.24, 2.45) is 0 Å². The number of non-ortho nitro benzene ring substituents is 1. The van der Waals surface area contributed by atoms with E-state index in [0.29, 0.717) is 11.3 Å². The van der Waals surface area contributed by atoms with Crippen LogP contribution < -0.4 is 5.32 Å². The summed E-state index contributed by atoms with van der Waals surface area (Å²) in [5.74, 6) is -0.660. The number of nitro benzene ring substituents is 2. The van der Waals surface area contributed by atoms with Gasteiger partial charge in [0.1, 0.15) is 4.21 Å². The lowest BCUT2D eigenvalue weighted by molar-refractivity contribution is -0.385. The summed E-state index contributed by atoms with van der Waals surface area (Å²) in [4.78, 5) is 36.3. The van der Waals surface area contributed by atoms with Crippen LogP contribution in [0.4, 0.5) is 16.5 Å². The minimum absolute atomic E-state index is 0.00213. The first-order valence-corrected chi connectivity index (χ1v) is 10.7. The highest BCUT2D eigenvalue weighted by atomic mass is 32.2. The van der Waals surface area contributed by atoms with E-state index in [4.69, 9.17) is 0 Å². The van der Waals surface area contributed by atoms with Crippen molar-refractivity contribution in [2.75, 3.05) is 5.32 Å². The minimum atomic E-state index is -3.98. The number of thiazole rings is 1. The van der Waals surface area contributed by atoms with Gasteiger partial charge in [0.2, 0.25) is 15.7 Å². The number of hydrogen-bond acceptors (Lipinski definition) is 9. The molecule has 1 N–H and O–H groups in total. The van der Waals surface area contributed by atoms with Crippen molar-refractivity contribution in [1.29, 1.82) is 0 Å². The zero-order valence-corrected chi connectivity index (χ0v) is 17.0. The van der Waals surface area contributed by atoms with Crippen molar-refractivity contribution in [3.05, 3.63) is 86.6 Å². The number of nitro groups is 2. The van der Waals surface area contributed by atoms with E-state index in [1.54, 1.807) is 6.07 Å². The molecule has 0 radical (unpaired) electrons. The Labute approximate surface area is 178 Å². The van der Waals surface area contributed by atoms with Crippen LogP contribution in [0.3, 0.4) is 0 Å². The highest BCUT2D eigenvalue weighted by Gasteiger charge is 2.22. The van der Waals surface area contributed by atoms with E-state index < -0.39 is 25.6 Å². The molecule has 1 aromatic heterocycles. The predicted molar refractivity (Wildman–Crippen MR) is 111 cm³/mol. The fraction of sp³-hybridized carbons (Fsp3) is 0. The SMILES string of the molecule is O=C(/C=C/c1ccccc1[N+](=O)[O-])Nc1ncc(S(=O)(=O)c2ccc([N+](=O)[O-])cc2)s1. The van der Waals surface area contributed by atoms with Crippen molar-refractivity contribution in [2.45, 2.75) is 9.10 Å². The smallest absolute Gasteiger partial charge is 0.276 e. The van der Waals surface area contributed by atoms with Crippen LogP contribution in [0.1, 0.15) is 5.56 Å². The molecule has 31 heavy (non-hydrogen) atoms. The first-order valence-electron chi connectivity index (χ1n) is 8.36. The van der Waals surface area contributed by atoms with Crippen LogP contribution in [-0.4, -0.2) is 29.2 Å². The van der Waals surface area contributed by atoms with Gasteiger partial charge in [-0.3, -0.25) is 30.3 Å². The molecule has 0 aliphatic heterocycles. The molecule has 0 bridgehead atoms. The summed E-state index contributed by atoms with van der Waals surface area (Å²) >= 11 is 0.696. The molecule has 1 amide bonds. The van der Waals surface area contributed by atoms with Crippen molar-refractivity contribution in [3.63, 3.8) is 0 Å². The van der Waals surface area contributed by atoms with Crippen LogP contribution in [0.2, 0.25) is 0 Å². The summed E-state index contributed by atoms with van der Waals surface area (Å²) in [5, 5.41) is 24.1. The average molecular weight is 460 g/mol. The standard InChI is InChI=1S/C18H12N4O7S2/c23-16(10-5-12-3-1-2-4-15(12)22(26)27)20-18-19-11-17(30-18)31(28,29)14-8-6-13(7-9-14)21(24)25/h1-11H,(H,19,20,23)/b10-5+. The van der Waals surface area contributed by atoms with E-state index in [0.717, 1.165) is 36.5 Å². The van der Waals surface area contributed by atoms with Crippen LogP contribution in [0.5, 0.6) is 0 Å². The maximum atomic E-state index is 12.6. The van der Waals surface area contributed by atoms with Gasteiger partial charge in [-0.1, -0.05) is 23.5 Å². The zero-order chi connectivity index (χ0) is 22.6. The second-order valence-electron chi connectivity index (χ2n) is 5.88. The van der Waals surface area contributed by atoms with Crippen molar-refractivity contribution in [3.8, 4) is 0 Å². The van der Waals surface area contributed by atoms with E-state index in [1.807, 2.05) is 0 Å². The van der Waals surface area contributed by atoms with Crippen LogP contribution in [0.15, 0.2) is 69.9 Å². The fourth-order valence-electron chi connectivity index (χ4n) is 2.41. The Morgan fingerprint density at radius 1 is 1.03 bits per heavy atom. The number of rotatable bonds is 7. The van der Waals surface area contributed by atoms with E-state index in [9.17, 15) is 33.4 Å². The molecule has 0 aliphatic rings. The molecule has 0 atom stereocenters. The van der Waals surface area contributed by atoms with Gasteiger partial charge in [-0.15, -0.1) is 0 Å². The van der Waals surface area contributed by atoms with Gasteiger partial charge in [-0.2, -0.15) is 0 Å². The molecule has 0 fully saturated rings. The second-order valence-corrected chi connectivity index (χ2v) is 9.08. The number of hydrogen-bond donors (Lipinski definition) is 1. The number of nitrogens with one attached hydrogen (secondary N) is 1. The topological polar surface area (TPSA) is 162 Å². The highest BCUT2D eigenvalue weighted by molar-refractivity contribution is 7.93. The summed E-state index contributed by atoms with van der Waals surface area (Å²) in [6, 6.07) is 10.2. The Hall–Kier alpha value is -3.97. The Balaban J connectivity index is 1.74. The van der Waals surface area contributed by atoms with Crippen molar-refractivity contribution < 1.29 is 23.1 Å². The molecule has 11 nitrogen and oxygen atoms in total. The summed E-state index contributed by atoms with van der Waals surface area (Å²) in [6.45, 7) is 0. The number of carbonyl (C=O) groups is 1. The van der Waals surface area contributed by atoms with E-state index in [-0.39, 0.29) is 31.2 Å². The van der Waals surface area contributed by atoms with Crippen LogP contribution in [-0.2, 0) is 14.6 Å². The van der Waals surface area contributed by atoms with Gasteiger partial charge in [0.05, 0.1) is 26.5 Å². The van der Waals surface area contributed by atoms with Gasteiger partial charge < -0.3 is 0 Å². The minimum Gasteiger partial charge on any atom is -0.298 e. The number of anilines is 1. The predicted octanol–water partition coefficient (Wildman–Crippen LogP) is 3.44. The normalized spacial score (nSPS) is 11.4. The lowest BCUT2D eigenvalue weighted by Gasteiger charge is -2.00. The molecular formula is C18H12N4O7S2. The van der Waals surface area contributed by atoms with Gasteiger partial charge in [0.25, 0.3) is 11.4 Å². The third-order valence-corrected chi connectivity index (χ3v) is 7.03. The summed E-state index contributed by atoms with van der Waals surface area (Å²) < 4.78 is 25.1. The molecule has 1 heterocycles. The van der Waals surface area contributed by atoms with Gasteiger partial charge in [0, 0.05) is 24.3 Å². The zero-order valence-electron chi connectivity index (χ0n) is 15.4. The molecule has 3 aromatic rings. The number of nitrogens with zero attached hydrogens (tertiary/aromatic N) is 3. The quantitative estimate of drug-likeness (QED) is 0.318. The number of carbonyl (C=O) groups excluding carboxylic acids is 1. The Kier molecular flexibility index (Phi) is 6.17. The van der Waals surface area contributed by atoms with Crippen LogP contribution in [0.25, 0.3) is 6.08 Å². The summed E-state index contributed by atoms with van der Waals surface area (Å²) in [6.07, 6.45) is 3.38. The Morgan fingerprint density at radius 2 is 1.71 bits per heavy atom. The second kappa shape index (κ2) is 8.81. The molecule has 13 heteroatoms. The van der Waals surface area contributed by atoms with Crippen LogP contribution in [0, 0.1) is 20.2 Å². The van der Waals surface area contributed by atoms with Gasteiger partial charge in [0.15, 0.2) is 5.13 Å². The monoisotopic (exact) mass is 460 g/mol. The van der Waals surface area contributed by atoms with E-state index in [2.05, 4.69) is 10.3 Å². The number of aromatic nitrogens is 1. The van der Waals surface area contributed by atoms with Crippen LogP contribution >= 0.6 is 11.3 Å². The van der Waals surface area contributed by atoms with Crippen molar-refractivity contribution >= 4 is 49.7 Å². The third kappa shape index (κ3) is 4.96. The molecule has 0 saturated heterocycles. The maximum absolute atomic E-state index is 12.6. The molecule has 3 rings (SSSR count). The molecule has 0 saturated carbocycles. The maximum Gasteiger partial charge on any atom is 0.276 e. The number of sulfone groups is 1. The van der Waals surface area contributed by atoms with Gasteiger partial charge in [-0.25, -0.2) is 13.4 Å². The lowest BCUT2D eigenvalue weighted by Crippen LogP contribution is -2.07. The molecular weight excluding hydrogens is 448 g/mol. The fourth-order valence-corrected chi connectivity index (χ4v) is 4.85. The van der Waals surface area contributed by atoms with Gasteiger partial charge >= 0.3 is 0 Å². The Morgan fingerprint density at radius 3 is 2.35 bits per heavy atom. The molecule has 0 aliphatic carbocycles. The number of amides is 1. The van der Waals surface area contributed by atoms with E-state index in [1.165, 1.54) is 24.3 Å². The summed E-state index contributed by atoms with van der Waals surface area (Å²) in [5.41, 5.74) is -0.192. The summed E-state index contributed by atoms with van der Waals surface area (Å²) in [7, 11) is -3.98. The van der Waals surface area contributed by atoms with Gasteiger partial charge in [-0.05, 0) is 24.3 Å². The first kappa shape index (κ1) is 21.7. The molecule has 158 valence electrons. The first-order chi connectivity index (χ1) is 14.7. The highest BCUT2D eigenvalue weighted by Crippen LogP contribution is 2.29. The van der Waals surface area contributed by atoms with E-state index >= 15 is 0 Å². The lowest BCUT2D eigenvalue weighted by atomic mass is 10.1. The number of para-hydroxylation sites is 1. The van der Waals surface area contributed by atoms with Crippen molar-refractivity contribution in [1.82, 2.24) is 4.98 Å². The molecule has 0 unspecified atom stereocenters. The average Bonchev–Trinajstić information content (AvgIpc) is 3.21. The largest absolute Gasteiger partial charge is 0.298 e. The Bertz CT molecular complexity index is 1300. The number of benzene rings is 2.